The molecule has 2 aromatic rings. The van der Waals surface area contributed by atoms with E-state index in [1.54, 1.807) is 18.2 Å². The average Bonchev–Trinajstić information content (AvgIpc) is 3.09. The highest BCUT2D eigenvalue weighted by Crippen LogP contribution is 2.41. The van der Waals surface area contributed by atoms with E-state index < -0.39 is 17.7 Å². The molecule has 1 fully saturated rings. The van der Waals surface area contributed by atoms with Crippen molar-refractivity contribution in [2.45, 2.75) is 39.8 Å². The highest BCUT2D eigenvalue weighted by molar-refractivity contribution is 6.46. The summed E-state index contributed by atoms with van der Waals surface area (Å²) in [5, 5.41) is 11.7. The molecule has 3 rings (SSSR count). The number of benzene rings is 2. The molecular formula is C27H33ClN2O5. The Labute approximate surface area is 211 Å². The summed E-state index contributed by atoms with van der Waals surface area (Å²) >= 11 is 6.15. The van der Waals surface area contributed by atoms with Crippen LogP contribution in [0.5, 0.6) is 11.5 Å². The van der Waals surface area contributed by atoms with Crippen LogP contribution < -0.4 is 9.47 Å². The molecule has 1 saturated heterocycles. The number of halogens is 1. The van der Waals surface area contributed by atoms with Gasteiger partial charge in [-0.2, -0.15) is 0 Å². The minimum Gasteiger partial charge on any atom is -0.507 e. The van der Waals surface area contributed by atoms with E-state index in [0.29, 0.717) is 40.7 Å². The Bertz CT molecular complexity index is 1110. The average molecular weight is 501 g/mol. The first-order valence-corrected chi connectivity index (χ1v) is 12.2. The highest BCUT2D eigenvalue weighted by Gasteiger charge is 2.46. The number of methoxy groups -OCH3 is 1. The van der Waals surface area contributed by atoms with Crippen LogP contribution in [0.4, 0.5) is 0 Å². The summed E-state index contributed by atoms with van der Waals surface area (Å²) in [6.07, 6.45) is -0.0409. The molecule has 1 aliphatic rings. The number of hydrogen-bond acceptors (Lipinski definition) is 6. The van der Waals surface area contributed by atoms with Gasteiger partial charge in [-0.3, -0.25) is 9.59 Å². The predicted octanol–water partition coefficient (Wildman–Crippen LogP) is 4.90. The molecule has 7 nitrogen and oxygen atoms in total. The maximum Gasteiger partial charge on any atom is 0.295 e. The van der Waals surface area contributed by atoms with Crippen LogP contribution in [0.1, 0.15) is 44.9 Å². The largest absolute Gasteiger partial charge is 0.507 e. The van der Waals surface area contributed by atoms with Crippen molar-refractivity contribution < 1.29 is 24.2 Å². The topological polar surface area (TPSA) is 79.3 Å². The number of likely N-dealkylation sites (tertiary alicyclic amines) is 1. The molecule has 0 bridgehead atoms. The van der Waals surface area contributed by atoms with E-state index in [4.69, 9.17) is 21.1 Å². The van der Waals surface area contributed by atoms with Crippen LogP contribution in [0.25, 0.3) is 5.76 Å². The number of aliphatic hydroxyl groups is 1. The summed E-state index contributed by atoms with van der Waals surface area (Å²) in [5.41, 5.74) is 1.05. The molecule has 0 saturated carbocycles. The molecule has 0 spiro atoms. The van der Waals surface area contributed by atoms with Crippen LogP contribution in [-0.2, 0) is 9.59 Å². The fourth-order valence-electron chi connectivity index (χ4n) is 4.24. The number of carbonyl (C=O) groups excluding carboxylic acids is 2. The molecule has 0 aliphatic carbocycles. The first-order chi connectivity index (χ1) is 16.7. The Balaban J connectivity index is 2.14. The third-order valence-electron chi connectivity index (χ3n) is 6.06. The maximum absolute atomic E-state index is 13.3. The smallest absolute Gasteiger partial charge is 0.295 e. The van der Waals surface area contributed by atoms with E-state index in [1.165, 1.54) is 12.0 Å². The number of aliphatic hydroxyl groups excluding tert-OH is 1. The third kappa shape index (κ3) is 5.80. The summed E-state index contributed by atoms with van der Waals surface area (Å²) < 4.78 is 11.1. The van der Waals surface area contributed by atoms with Crippen molar-refractivity contribution in [2.24, 2.45) is 0 Å². The summed E-state index contributed by atoms with van der Waals surface area (Å²) in [7, 11) is 1.47. The van der Waals surface area contributed by atoms with Gasteiger partial charge in [-0.15, -0.1) is 0 Å². The Kier molecular flexibility index (Phi) is 8.81. The Morgan fingerprint density at radius 2 is 1.86 bits per heavy atom. The Morgan fingerprint density at radius 1 is 1.14 bits per heavy atom. The summed E-state index contributed by atoms with van der Waals surface area (Å²) in [4.78, 5) is 30.2. The predicted molar refractivity (Wildman–Crippen MR) is 137 cm³/mol. The number of hydrogen-bond donors (Lipinski definition) is 1. The summed E-state index contributed by atoms with van der Waals surface area (Å²) in [5.74, 6) is -0.657. The highest BCUT2D eigenvalue weighted by atomic mass is 35.5. The lowest BCUT2D eigenvalue weighted by atomic mass is 9.95. The van der Waals surface area contributed by atoms with E-state index in [1.807, 2.05) is 38.1 Å². The molecule has 1 heterocycles. The Morgan fingerprint density at radius 3 is 2.49 bits per heavy atom. The van der Waals surface area contributed by atoms with Crippen LogP contribution in [0.3, 0.4) is 0 Å². The van der Waals surface area contributed by atoms with Crippen molar-refractivity contribution in [3.63, 3.8) is 0 Å². The Hall–Kier alpha value is -3.03. The summed E-state index contributed by atoms with van der Waals surface area (Å²) in [6, 6.07) is 11.3. The van der Waals surface area contributed by atoms with Gasteiger partial charge in [0.05, 0.1) is 29.9 Å². The molecular weight excluding hydrogens is 468 g/mol. The second-order valence-electron chi connectivity index (χ2n) is 8.61. The fourth-order valence-corrected chi connectivity index (χ4v) is 4.43. The molecule has 1 N–H and O–H groups in total. The first kappa shape index (κ1) is 26.6. The number of carbonyl (C=O) groups is 2. The number of ketones is 1. The second-order valence-corrected chi connectivity index (χ2v) is 9.01. The molecule has 1 aliphatic heterocycles. The van der Waals surface area contributed by atoms with E-state index in [0.717, 1.165) is 13.1 Å². The lowest BCUT2D eigenvalue weighted by Crippen LogP contribution is -2.38. The zero-order valence-corrected chi connectivity index (χ0v) is 21.6. The molecule has 1 unspecified atom stereocenters. The second kappa shape index (κ2) is 11.6. The number of rotatable bonds is 10. The van der Waals surface area contributed by atoms with Crippen LogP contribution in [0.15, 0.2) is 48.0 Å². The lowest BCUT2D eigenvalue weighted by molar-refractivity contribution is -0.140. The SMILES string of the molecule is CCN(CC)CCN1C(=O)C(=O)/C(=C(\O)c2ccc(Cl)c(OC)c2)C1c1cccc(OC(C)C)c1. The number of nitrogens with zero attached hydrogens (tertiary/aromatic N) is 2. The van der Waals surface area contributed by atoms with Crippen molar-refractivity contribution in [3.05, 3.63) is 64.2 Å². The van der Waals surface area contributed by atoms with Crippen molar-refractivity contribution in [3.8, 4) is 11.5 Å². The van der Waals surface area contributed by atoms with Crippen LogP contribution in [-0.4, -0.2) is 66.0 Å². The molecule has 35 heavy (non-hydrogen) atoms. The van der Waals surface area contributed by atoms with E-state index in [2.05, 4.69) is 18.7 Å². The van der Waals surface area contributed by atoms with Gasteiger partial charge in [0.15, 0.2) is 0 Å². The number of Topliss-reactive ketones (excluding diaryl/α,β-unsaturated/α-hetero) is 1. The molecule has 2 aromatic carbocycles. The number of ether oxygens (including phenoxy) is 2. The van der Waals surface area contributed by atoms with E-state index in [9.17, 15) is 14.7 Å². The molecule has 1 atom stereocenters. The maximum atomic E-state index is 13.3. The van der Waals surface area contributed by atoms with Crippen molar-refractivity contribution in [2.75, 3.05) is 33.3 Å². The van der Waals surface area contributed by atoms with Gasteiger partial charge < -0.3 is 24.4 Å². The van der Waals surface area contributed by atoms with Gasteiger partial charge in [0.2, 0.25) is 0 Å². The molecule has 0 aromatic heterocycles. The van der Waals surface area contributed by atoms with E-state index >= 15 is 0 Å². The van der Waals surface area contributed by atoms with Crippen LogP contribution >= 0.6 is 11.6 Å². The molecule has 188 valence electrons. The number of likely N-dealkylation sites (N-methyl/N-ethyl adjacent to an activating group) is 1. The summed E-state index contributed by atoms with van der Waals surface area (Å²) in [6.45, 7) is 10.6. The third-order valence-corrected chi connectivity index (χ3v) is 6.37. The van der Waals surface area contributed by atoms with Crippen LogP contribution in [0, 0.1) is 0 Å². The van der Waals surface area contributed by atoms with Gasteiger partial charge in [0.25, 0.3) is 11.7 Å². The minimum absolute atomic E-state index is 0.0284. The van der Waals surface area contributed by atoms with E-state index in [-0.39, 0.29) is 17.4 Å². The zero-order valence-electron chi connectivity index (χ0n) is 20.9. The van der Waals surface area contributed by atoms with Gasteiger partial charge in [0, 0.05) is 18.7 Å². The molecule has 1 amide bonds. The zero-order chi connectivity index (χ0) is 25.7. The normalized spacial score (nSPS) is 17.5. The molecule has 8 heteroatoms. The van der Waals surface area contributed by atoms with Crippen molar-refractivity contribution in [1.82, 2.24) is 9.80 Å². The lowest BCUT2D eigenvalue weighted by Gasteiger charge is -2.28. The quantitative estimate of drug-likeness (QED) is 0.284. The number of amides is 1. The molecule has 0 radical (unpaired) electrons. The van der Waals surface area contributed by atoms with Gasteiger partial charge in [0.1, 0.15) is 17.3 Å². The van der Waals surface area contributed by atoms with Gasteiger partial charge >= 0.3 is 0 Å². The standard InChI is InChI=1S/C27H33ClN2O5/c1-6-29(7-2)13-14-30-24(18-9-8-10-20(15-18)35-17(3)4)23(26(32)27(30)33)25(31)19-11-12-21(28)22(16-19)34-5/h8-12,15-17,24,31H,6-7,13-14H2,1-5H3/b25-23-. The van der Waals surface area contributed by atoms with Gasteiger partial charge in [-0.25, -0.2) is 0 Å². The monoisotopic (exact) mass is 500 g/mol. The minimum atomic E-state index is -0.761. The van der Waals surface area contributed by atoms with Gasteiger partial charge in [-0.05, 0) is 62.8 Å². The first-order valence-electron chi connectivity index (χ1n) is 11.8. The van der Waals surface area contributed by atoms with Gasteiger partial charge in [-0.1, -0.05) is 37.6 Å². The fraction of sp³-hybridized carbons (Fsp3) is 0.407. The van der Waals surface area contributed by atoms with Crippen molar-refractivity contribution >= 4 is 29.1 Å². The van der Waals surface area contributed by atoms with Crippen LogP contribution in [0.2, 0.25) is 5.02 Å². The van der Waals surface area contributed by atoms with Crippen molar-refractivity contribution in [1.29, 1.82) is 0 Å².